The highest BCUT2D eigenvalue weighted by molar-refractivity contribution is 6.32. The highest BCUT2D eigenvalue weighted by Crippen LogP contribution is 2.41. The molecular weight excluding hydrogens is 288 g/mol. The lowest BCUT2D eigenvalue weighted by Crippen LogP contribution is -2.56. The van der Waals surface area contributed by atoms with Gasteiger partial charge in [-0.25, -0.2) is 0 Å². The van der Waals surface area contributed by atoms with E-state index < -0.39 is 0 Å². The maximum atomic E-state index is 6.31. The summed E-state index contributed by atoms with van der Waals surface area (Å²) in [7, 11) is 3.31. The lowest BCUT2D eigenvalue weighted by atomic mass is 10.0. The van der Waals surface area contributed by atoms with Crippen LogP contribution in [0.15, 0.2) is 12.1 Å². The normalized spacial score (nSPS) is 25.8. The Morgan fingerprint density at radius 1 is 1.19 bits per heavy atom. The second-order valence-corrected chi connectivity index (χ2v) is 6.42. The van der Waals surface area contributed by atoms with E-state index in [1.807, 2.05) is 12.1 Å². The van der Waals surface area contributed by atoms with E-state index in [1.165, 1.54) is 12.8 Å². The van der Waals surface area contributed by atoms with Crippen LogP contribution in [0.2, 0.25) is 5.02 Å². The van der Waals surface area contributed by atoms with Crippen LogP contribution in [0, 0.1) is 5.92 Å². The van der Waals surface area contributed by atoms with E-state index in [0.717, 1.165) is 30.4 Å². The Labute approximate surface area is 131 Å². The van der Waals surface area contributed by atoms with Gasteiger partial charge in [0.15, 0.2) is 0 Å². The lowest BCUT2D eigenvalue weighted by molar-refractivity contribution is 0.365. The predicted octanol–water partition coefficient (Wildman–Crippen LogP) is 2.93. The summed E-state index contributed by atoms with van der Waals surface area (Å²) in [4.78, 5) is 2.41. The van der Waals surface area contributed by atoms with E-state index in [-0.39, 0.29) is 0 Å². The molecule has 2 fully saturated rings. The van der Waals surface area contributed by atoms with Crippen LogP contribution in [0.1, 0.15) is 19.8 Å². The second kappa shape index (κ2) is 5.93. The number of hydrogen-bond donors (Lipinski definition) is 1. The van der Waals surface area contributed by atoms with Gasteiger partial charge in [0, 0.05) is 31.2 Å². The van der Waals surface area contributed by atoms with Crippen LogP contribution in [-0.4, -0.2) is 39.4 Å². The summed E-state index contributed by atoms with van der Waals surface area (Å²) < 4.78 is 10.8. The van der Waals surface area contributed by atoms with E-state index in [1.54, 1.807) is 14.2 Å². The fraction of sp³-hybridized carbons (Fsp3) is 0.625. The van der Waals surface area contributed by atoms with E-state index in [2.05, 4.69) is 17.1 Å². The molecule has 21 heavy (non-hydrogen) atoms. The number of benzene rings is 1. The van der Waals surface area contributed by atoms with Gasteiger partial charge in [0.25, 0.3) is 0 Å². The zero-order chi connectivity index (χ0) is 15.0. The van der Waals surface area contributed by atoms with Gasteiger partial charge >= 0.3 is 0 Å². The molecule has 0 bridgehead atoms. The van der Waals surface area contributed by atoms with Crippen molar-refractivity contribution in [3.8, 4) is 11.5 Å². The number of halogens is 1. The van der Waals surface area contributed by atoms with Crippen molar-refractivity contribution in [1.82, 2.24) is 5.32 Å². The fourth-order valence-corrected chi connectivity index (χ4v) is 3.34. The third kappa shape index (κ3) is 2.92. The molecule has 116 valence electrons. The highest BCUT2D eigenvalue weighted by atomic mass is 35.5. The lowest BCUT2D eigenvalue weighted by Gasteiger charge is -2.41. The SMILES string of the molecule is COc1cc(OC)c(N2CC(C3CC3)NCC2C)cc1Cl. The van der Waals surface area contributed by atoms with E-state index >= 15 is 0 Å². The Balaban J connectivity index is 1.91. The minimum atomic E-state index is 0.415. The third-order valence-corrected chi connectivity index (χ3v) is 4.85. The maximum absolute atomic E-state index is 6.31. The van der Waals surface area contributed by atoms with Crippen LogP contribution in [0.3, 0.4) is 0 Å². The third-order valence-electron chi connectivity index (χ3n) is 4.55. The van der Waals surface area contributed by atoms with Gasteiger partial charge in [-0.15, -0.1) is 0 Å². The predicted molar refractivity (Wildman–Crippen MR) is 85.9 cm³/mol. The first-order valence-electron chi connectivity index (χ1n) is 7.55. The van der Waals surface area contributed by atoms with Gasteiger partial charge in [-0.2, -0.15) is 0 Å². The summed E-state index contributed by atoms with van der Waals surface area (Å²) in [5, 5.41) is 4.29. The molecule has 4 nitrogen and oxygen atoms in total. The quantitative estimate of drug-likeness (QED) is 0.927. The fourth-order valence-electron chi connectivity index (χ4n) is 3.11. The molecule has 1 heterocycles. The Morgan fingerprint density at radius 3 is 2.52 bits per heavy atom. The summed E-state index contributed by atoms with van der Waals surface area (Å²) in [6, 6.07) is 4.83. The monoisotopic (exact) mass is 310 g/mol. The number of hydrogen-bond acceptors (Lipinski definition) is 4. The Hall–Kier alpha value is -1.13. The molecule has 3 rings (SSSR count). The minimum Gasteiger partial charge on any atom is -0.495 e. The van der Waals surface area contributed by atoms with Gasteiger partial charge < -0.3 is 19.7 Å². The minimum absolute atomic E-state index is 0.415. The first kappa shape index (κ1) is 14.8. The van der Waals surface area contributed by atoms with E-state index in [0.29, 0.717) is 22.9 Å². The number of nitrogens with one attached hydrogen (secondary N) is 1. The molecular formula is C16H23ClN2O2. The van der Waals surface area contributed by atoms with Gasteiger partial charge in [0.05, 0.1) is 24.9 Å². The van der Waals surface area contributed by atoms with Crippen LogP contribution in [0.4, 0.5) is 5.69 Å². The molecule has 0 amide bonds. The van der Waals surface area contributed by atoms with Gasteiger partial charge in [-0.3, -0.25) is 0 Å². The van der Waals surface area contributed by atoms with Crippen molar-refractivity contribution >= 4 is 17.3 Å². The second-order valence-electron chi connectivity index (χ2n) is 6.01. The van der Waals surface area contributed by atoms with Crippen LogP contribution in [0.25, 0.3) is 0 Å². The molecule has 1 aliphatic carbocycles. The molecule has 1 saturated heterocycles. The topological polar surface area (TPSA) is 33.7 Å². The molecule has 1 aromatic carbocycles. The van der Waals surface area contributed by atoms with Gasteiger partial charge in [0.1, 0.15) is 11.5 Å². The van der Waals surface area contributed by atoms with Crippen LogP contribution < -0.4 is 19.7 Å². The standard InChI is InChI=1S/C16H23ClN2O2/c1-10-8-18-13(11-4-5-11)9-19(10)14-6-12(17)15(20-2)7-16(14)21-3/h6-7,10-11,13,18H,4-5,8-9H2,1-3H3. The Morgan fingerprint density at radius 2 is 1.90 bits per heavy atom. The van der Waals surface area contributed by atoms with Crippen molar-refractivity contribution in [3.05, 3.63) is 17.2 Å². The number of anilines is 1. The molecule has 5 heteroatoms. The van der Waals surface area contributed by atoms with Crippen molar-refractivity contribution < 1.29 is 9.47 Å². The summed E-state index contributed by atoms with van der Waals surface area (Å²) in [5.41, 5.74) is 1.06. The van der Waals surface area contributed by atoms with Gasteiger partial charge in [0.2, 0.25) is 0 Å². The van der Waals surface area contributed by atoms with Crippen molar-refractivity contribution in [3.63, 3.8) is 0 Å². The number of piperazine rings is 1. The summed E-state index contributed by atoms with van der Waals surface area (Å²) in [5.74, 6) is 2.30. The number of nitrogens with zero attached hydrogens (tertiary/aromatic N) is 1. The zero-order valence-electron chi connectivity index (χ0n) is 12.9. The average Bonchev–Trinajstić information content (AvgIpc) is 3.32. The van der Waals surface area contributed by atoms with Gasteiger partial charge in [-0.1, -0.05) is 11.6 Å². The Bertz CT molecular complexity index is 519. The number of ether oxygens (including phenoxy) is 2. The molecule has 0 radical (unpaired) electrons. The first-order chi connectivity index (χ1) is 10.1. The van der Waals surface area contributed by atoms with Crippen molar-refractivity contribution in [2.45, 2.75) is 31.8 Å². The molecule has 0 spiro atoms. The van der Waals surface area contributed by atoms with Crippen molar-refractivity contribution in [2.24, 2.45) is 5.92 Å². The van der Waals surface area contributed by atoms with Crippen LogP contribution >= 0.6 is 11.6 Å². The molecule has 2 aliphatic rings. The molecule has 0 aromatic heterocycles. The van der Waals surface area contributed by atoms with E-state index in [4.69, 9.17) is 21.1 Å². The largest absolute Gasteiger partial charge is 0.495 e. The molecule has 2 unspecified atom stereocenters. The number of methoxy groups -OCH3 is 2. The molecule has 1 aromatic rings. The summed E-state index contributed by atoms with van der Waals surface area (Å²) in [6.45, 7) is 4.23. The van der Waals surface area contributed by atoms with Gasteiger partial charge in [-0.05, 0) is 31.7 Å². The van der Waals surface area contributed by atoms with E-state index in [9.17, 15) is 0 Å². The summed E-state index contributed by atoms with van der Waals surface area (Å²) >= 11 is 6.31. The maximum Gasteiger partial charge on any atom is 0.145 e. The molecule has 1 aliphatic heterocycles. The first-order valence-corrected chi connectivity index (χ1v) is 7.93. The average molecular weight is 311 g/mol. The van der Waals surface area contributed by atoms with Crippen molar-refractivity contribution in [1.29, 1.82) is 0 Å². The van der Waals surface area contributed by atoms with Crippen LogP contribution in [-0.2, 0) is 0 Å². The number of rotatable bonds is 4. The highest BCUT2D eigenvalue weighted by Gasteiger charge is 2.36. The summed E-state index contributed by atoms with van der Waals surface area (Å²) in [6.07, 6.45) is 2.70. The Kier molecular flexibility index (Phi) is 4.18. The van der Waals surface area contributed by atoms with Crippen LogP contribution in [0.5, 0.6) is 11.5 Å². The molecule has 1 N–H and O–H groups in total. The smallest absolute Gasteiger partial charge is 0.145 e. The van der Waals surface area contributed by atoms with Crippen molar-refractivity contribution in [2.75, 3.05) is 32.2 Å². The molecule has 1 saturated carbocycles. The zero-order valence-corrected chi connectivity index (χ0v) is 13.6. The molecule has 2 atom stereocenters.